The second-order valence-electron chi connectivity index (χ2n) is 5.93. The molecular weight excluding hydrogens is 356 g/mol. The Kier molecular flexibility index (Phi) is 6.75. The summed E-state index contributed by atoms with van der Waals surface area (Å²) in [5, 5.41) is 9.32. The number of aryl methyl sites for hydroxylation is 2. The number of carboxylic acid groups (broad SMARTS) is 1. The van der Waals surface area contributed by atoms with E-state index in [1.54, 1.807) is 6.92 Å². The Hall–Kier alpha value is -2.40. The second-order valence-corrected chi connectivity index (χ2v) is 6.33. The predicted molar refractivity (Wildman–Crippen MR) is 101 cm³/mol. The van der Waals surface area contributed by atoms with Crippen LogP contribution in [0.4, 0.5) is 0 Å². The molecule has 0 atom stereocenters. The van der Waals surface area contributed by atoms with Gasteiger partial charge < -0.3 is 19.3 Å². The highest BCUT2D eigenvalue weighted by molar-refractivity contribution is 6.32. The number of hydrogen-bond donors (Lipinski definition) is 1. The van der Waals surface area contributed by atoms with Crippen LogP contribution in [-0.4, -0.2) is 30.9 Å². The van der Waals surface area contributed by atoms with Crippen LogP contribution in [0, 0.1) is 20.8 Å². The van der Waals surface area contributed by atoms with Crippen molar-refractivity contribution < 1.29 is 24.1 Å². The van der Waals surface area contributed by atoms with E-state index in [9.17, 15) is 4.79 Å². The quantitative estimate of drug-likeness (QED) is 0.667. The molecule has 0 saturated heterocycles. The lowest BCUT2D eigenvalue weighted by atomic mass is 10.1. The summed E-state index contributed by atoms with van der Waals surface area (Å²) in [4.78, 5) is 11.2. The highest BCUT2D eigenvalue weighted by Gasteiger charge is 2.16. The zero-order valence-corrected chi connectivity index (χ0v) is 16.1. The number of benzene rings is 2. The smallest absolute Gasteiger partial charge is 0.335 e. The summed E-state index contributed by atoms with van der Waals surface area (Å²) >= 11 is 6.17. The molecule has 0 radical (unpaired) electrons. The van der Waals surface area contributed by atoms with Gasteiger partial charge in [-0.25, -0.2) is 4.79 Å². The Morgan fingerprint density at radius 3 is 2.35 bits per heavy atom. The van der Waals surface area contributed by atoms with Crippen molar-refractivity contribution in [3.05, 3.63) is 51.5 Å². The van der Waals surface area contributed by atoms with Crippen LogP contribution in [0.25, 0.3) is 0 Å². The average Bonchev–Trinajstić information content (AvgIpc) is 2.57. The molecule has 0 amide bonds. The Morgan fingerprint density at radius 1 is 1.00 bits per heavy atom. The van der Waals surface area contributed by atoms with Crippen LogP contribution in [0.15, 0.2) is 24.3 Å². The number of aromatic carboxylic acids is 1. The van der Waals surface area contributed by atoms with Crippen molar-refractivity contribution in [2.75, 3.05) is 19.8 Å². The Balaban J connectivity index is 2.06. The minimum Gasteiger partial charge on any atom is -0.490 e. The molecule has 6 heteroatoms. The third-order valence-corrected chi connectivity index (χ3v) is 4.19. The zero-order valence-electron chi connectivity index (χ0n) is 15.4. The van der Waals surface area contributed by atoms with E-state index in [2.05, 4.69) is 6.07 Å². The van der Waals surface area contributed by atoms with Crippen molar-refractivity contribution in [1.82, 2.24) is 0 Å². The summed E-state index contributed by atoms with van der Waals surface area (Å²) < 4.78 is 17.0. The van der Waals surface area contributed by atoms with Crippen LogP contribution < -0.4 is 14.2 Å². The summed E-state index contributed by atoms with van der Waals surface area (Å²) in [6, 6.07) is 6.85. The second kappa shape index (κ2) is 8.81. The average molecular weight is 379 g/mol. The minimum atomic E-state index is -1.08. The first-order chi connectivity index (χ1) is 12.3. The zero-order chi connectivity index (χ0) is 19.3. The molecule has 2 aromatic carbocycles. The fourth-order valence-corrected chi connectivity index (χ4v) is 2.81. The van der Waals surface area contributed by atoms with Gasteiger partial charge in [0.25, 0.3) is 0 Å². The van der Waals surface area contributed by atoms with Gasteiger partial charge in [0.1, 0.15) is 19.0 Å². The van der Waals surface area contributed by atoms with Crippen molar-refractivity contribution in [3.63, 3.8) is 0 Å². The first-order valence-corrected chi connectivity index (χ1v) is 8.74. The molecule has 26 heavy (non-hydrogen) atoms. The highest BCUT2D eigenvalue weighted by atomic mass is 35.5. The number of carboxylic acids is 1. The van der Waals surface area contributed by atoms with Gasteiger partial charge in [0.15, 0.2) is 11.5 Å². The lowest BCUT2D eigenvalue weighted by molar-refractivity contribution is 0.0696. The molecule has 0 saturated carbocycles. The number of rotatable bonds is 8. The third-order valence-electron chi connectivity index (χ3n) is 3.91. The monoisotopic (exact) mass is 378 g/mol. The molecular formula is C20H23ClO5. The van der Waals surface area contributed by atoms with Gasteiger partial charge in [-0.15, -0.1) is 0 Å². The maximum absolute atomic E-state index is 11.2. The molecule has 0 bridgehead atoms. The standard InChI is InChI=1S/C20H23ClO5/c1-5-24-18-11-15(20(22)23)10-16(21)19(18)26-7-6-25-17-9-12(2)8-13(3)14(17)4/h8-11H,5-7H2,1-4H3,(H,22,23). The fraction of sp³-hybridized carbons (Fsp3) is 0.350. The van der Waals surface area contributed by atoms with E-state index in [-0.39, 0.29) is 17.2 Å². The summed E-state index contributed by atoms with van der Waals surface area (Å²) in [5.41, 5.74) is 3.45. The van der Waals surface area contributed by atoms with E-state index in [1.807, 2.05) is 26.8 Å². The highest BCUT2D eigenvalue weighted by Crippen LogP contribution is 2.36. The maximum atomic E-state index is 11.2. The number of ether oxygens (including phenoxy) is 3. The molecule has 0 aliphatic rings. The molecule has 2 rings (SSSR count). The van der Waals surface area contributed by atoms with Crippen LogP contribution in [0.2, 0.25) is 5.02 Å². The summed E-state index contributed by atoms with van der Waals surface area (Å²) in [6.45, 7) is 8.83. The summed E-state index contributed by atoms with van der Waals surface area (Å²) in [5.74, 6) is 0.371. The normalized spacial score (nSPS) is 10.5. The van der Waals surface area contributed by atoms with Crippen molar-refractivity contribution in [3.8, 4) is 17.2 Å². The van der Waals surface area contributed by atoms with Gasteiger partial charge in [-0.2, -0.15) is 0 Å². The molecule has 1 N–H and O–H groups in total. The molecule has 0 aliphatic carbocycles. The maximum Gasteiger partial charge on any atom is 0.335 e. The van der Waals surface area contributed by atoms with Crippen LogP contribution in [0.5, 0.6) is 17.2 Å². The molecule has 0 spiro atoms. The van der Waals surface area contributed by atoms with E-state index in [0.29, 0.717) is 24.7 Å². The Bertz CT molecular complexity index is 801. The number of carbonyl (C=O) groups is 1. The minimum absolute atomic E-state index is 0.0490. The van der Waals surface area contributed by atoms with Crippen LogP contribution >= 0.6 is 11.6 Å². The lowest BCUT2D eigenvalue weighted by Crippen LogP contribution is -2.11. The van der Waals surface area contributed by atoms with E-state index in [1.165, 1.54) is 17.7 Å². The van der Waals surface area contributed by atoms with Crippen molar-refractivity contribution in [1.29, 1.82) is 0 Å². The van der Waals surface area contributed by atoms with Gasteiger partial charge in [0.05, 0.1) is 17.2 Å². The molecule has 140 valence electrons. The topological polar surface area (TPSA) is 65.0 Å². The van der Waals surface area contributed by atoms with Crippen molar-refractivity contribution in [2.24, 2.45) is 0 Å². The van der Waals surface area contributed by atoms with Gasteiger partial charge in [-0.05, 0) is 62.6 Å². The molecule has 0 aromatic heterocycles. The van der Waals surface area contributed by atoms with Gasteiger partial charge in [-0.1, -0.05) is 17.7 Å². The number of hydrogen-bond acceptors (Lipinski definition) is 4. The van der Waals surface area contributed by atoms with Crippen molar-refractivity contribution >= 4 is 17.6 Å². The lowest BCUT2D eigenvalue weighted by Gasteiger charge is -2.16. The summed E-state index contributed by atoms with van der Waals surface area (Å²) in [6.07, 6.45) is 0. The van der Waals surface area contributed by atoms with E-state index in [4.69, 9.17) is 30.9 Å². The van der Waals surface area contributed by atoms with E-state index < -0.39 is 5.97 Å². The van der Waals surface area contributed by atoms with Crippen molar-refractivity contribution in [2.45, 2.75) is 27.7 Å². The molecule has 0 fully saturated rings. The van der Waals surface area contributed by atoms with Gasteiger partial charge in [0.2, 0.25) is 0 Å². The molecule has 0 heterocycles. The first-order valence-electron chi connectivity index (χ1n) is 8.36. The van der Waals surface area contributed by atoms with Gasteiger partial charge >= 0.3 is 5.97 Å². The first kappa shape index (κ1) is 19.9. The molecule has 0 unspecified atom stereocenters. The molecule has 2 aromatic rings. The third kappa shape index (κ3) is 4.82. The Morgan fingerprint density at radius 2 is 1.69 bits per heavy atom. The van der Waals surface area contributed by atoms with Crippen LogP contribution in [-0.2, 0) is 0 Å². The summed E-state index contributed by atoms with van der Waals surface area (Å²) in [7, 11) is 0. The van der Waals surface area contributed by atoms with Gasteiger partial charge in [0, 0.05) is 0 Å². The number of halogens is 1. The SMILES string of the molecule is CCOc1cc(C(=O)O)cc(Cl)c1OCCOc1cc(C)cc(C)c1C. The predicted octanol–water partition coefficient (Wildman–Crippen LogP) is 4.82. The molecule has 0 aliphatic heterocycles. The van der Waals surface area contributed by atoms with Crippen LogP contribution in [0.3, 0.4) is 0 Å². The van der Waals surface area contributed by atoms with Crippen LogP contribution in [0.1, 0.15) is 34.0 Å². The van der Waals surface area contributed by atoms with E-state index >= 15 is 0 Å². The fourth-order valence-electron chi connectivity index (χ4n) is 2.54. The van der Waals surface area contributed by atoms with Gasteiger partial charge in [-0.3, -0.25) is 0 Å². The Labute approximate surface area is 158 Å². The largest absolute Gasteiger partial charge is 0.490 e. The molecule has 5 nitrogen and oxygen atoms in total. The van der Waals surface area contributed by atoms with E-state index in [0.717, 1.165) is 16.9 Å².